The SMILES string of the molecule is CCCC(CCOc1ccc(OC(C)(C)C(=O)OCC)cc1)Oc1ccc(Oc2ccc(C(F)(F)F)cc2)cc1. The molecule has 1 unspecified atom stereocenters. The van der Waals surface area contributed by atoms with Gasteiger partial charge in [-0.1, -0.05) is 13.3 Å². The van der Waals surface area contributed by atoms with Crippen LogP contribution in [0.4, 0.5) is 13.2 Å². The van der Waals surface area contributed by atoms with Crippen LogP contribution in [-0.4, -0.2) is 30.9 Å². The van der Waals surface area contributed by atoms with Crippen molar-refractivity contribution in [3.05, 3.63) is 78.4 Å². The number of hydrogen-bond donors (Lipinski definition) is 0. The number of carbonyl (C=O) groups excluding carboxylic acids is 1. The maximum atomic E-state index is 12.7. The van der Waals surface area contributed by atoms with Crippen LogP contribution in [0.2, 0.25) is 0 Å². The van der Waals surface area contributed by atoms with Gasteiger partial charge in [-0.05, 0) is 100.0 Å². The Morgan fingerprint density at radius 2 is 1.27 bits per heavy atom. The van der Waals surface area contributed by atoms with Gasteiger partial charge in [0.15, 0.2) is 5.60 Å². The molecule has 0 radical (unpaired) electrons. The normalized spacial score (nSPS) is 12.4. The molecule has 0 fully saturated rings. The number of rotatable bonds is 14. The lowest BCUT2D eigenvalue weighted by Crippen LogP contribution is -2.39. The molecule has 0 aliphatic heterocycles. The molecule has 1 atom stereocenters. The molecule has 216 valence electrons. The van der Waals surface area contributed by atoms with E-state index < -0.39 is 23.3 Å². The third kappa shape index (κ3) is 9.39. The molecular weight excluding hydrogens is 525 g/mol. The third-order valence-corrected chi connectivity index (χ3v) is 5.83. The van der Waals surface area contributed by atoms with E-state index in [0.717, 1.165) is 25.0 Å². The molecule has 3 aromatic rings. The van der Waals surface area contributed by atoms with E-state index in [-0.39, 0.29) is 12.7 Å². The molecule has 40 heavy (non-hydrogen) atoms. The number of benzene rings is 3. The first-order valence-electron chi connectivity index (χ1n) is 13.2. The van der Waals surface area contributed by atoms with Crippen molar-refractivity contribution in [2.75, 3.05) is 13.2 Å². The van der Waals surface area contributed by atoms with Crippen LogP contribution in [0, 0.1) is 0 Å². The van der Waals surface area contributed by atoms with Crippen molar-refractivity contribution in [1.29, 1.82) is 0 Å². The predicted molar refractivity (Wildman–Crippen MR) is 145 cm³/mol. The standard InChI is InChI=1S/C31H35F3O6/c1-5-7-24(20-21-37-23-12-18-28(19-13-23)40-30(3,4)29(35)36-6-2)38-26-14-16-27(17-15-26)39-25-10-8-22(9-11-25)31(32,33)34/h8-19,24H,5-7,20-21H2,1-4H3. The second kappa shape index (κ2) is 14.0. The highest BCUT2D eigenvalue weighted by molar-refractivity contribution is 5.79. The molecule has 0 heterocycles. The van der Waals surface area contributed by atoms with Crippen LogP contribution in [-0.2, 0) is 15.7 Å². The van der Waals surface area contributed by atoms with Crippen molar-refractivity contribution >= 4 is 5.97 Å². The summed E-state index contributed by atoms with van der Waals surface area (Å²) in [6.45, 7) is 7.86. The van der Waals surface area contributed by atoms with Gasteiger partial charge in [-0.2, -0.15) is 13.2 Å². The molecule has 6 nitrogen and oxygen atoms in total. The quantitative estimate of drug-likeness (QED) is 0.185. The fourth-order valence-electron chi connectivity index (χ4n) is 3.76. The molecule has 3 rings (SSSR count). The fraction of sp³-hybridized carbons (Fsp3) is 0.387. The molecule has 0 aliphatic carbocycles. The number of alkyl halides is 3. The first kappa shape index (κ1) is 30.7. The topological polar surface area (TPSA) is 63.2 Å². The van der Waals surface area contributed by atoms with Gasteiger partial charge in [0.05, 0.1) is 18.8 Å². The smallest absolute Gasteiger partial charge is 0.416 e. The van der Waals surface area contributed by atoms with E-state index in [1.165, 1.54) is 12.1 Å². The second-order valence-corrected chi connectivity index (χ2v) is 9.57. The summed E-state index contributed by atoms with van der Waals surface area (Å²) in [5.74, 6) is 2.22. The Bertz CT molecular complexity index is 1190. The minimum absolute atomic E-state index is 0.0698. The lowest BCUT2D eigenvalue weighted by molar-refractivity contribution is -0.158. The van der Waals surface area contributed by atoms with Crippen molar-refractivity contribution < 1.29 is 41.7 Å². The summed E-state index contributed by atoms with van der Waals surface area (Å²) in [5, 5.41) is 0. The first-order chi connectivity index (χ1) is 19.0. The number of carbonyl (C=O) groups is 1. The highest BCUT2D eigenvalue weighted by Gasteiger charge is 2.31. The van der Waals surface area contributed by atoms with Crippen LogP contribution in [0.15, 0.2) is 72.8 Å². The van der Waals surface area contributed by atoms with Gasteiger partial charge < -0.3 is 23.7 Å². The molecule has 0 N–H and O–H groups in total. The van der Waals surface area contributed by atoms with Crippen molar-refractivity contribution in [2.24, 2.45) is 0 Å². The minimum Gasteiger partial charge on any atom is -0.493 e. The Kier molecular flexibility index (Phi) is 10.7. The van der Waals surface area contributed by atoms with Gasteiger partial charge in [0.2, 0.25) is 0 Å². The van der Waals surface area contributed by atoms with E-state index in [2.05, 4.69) is 6.92 Å². The Morgan fingerprint density at radius 3 is 1.82 bits per heavy atom. The molecule has 0 aliphatic rings. The first-order valence-corrected chi connectivity index (χ1v) is 13.2. The summed E-state index contributed by atoms with van der Waals surface area (Å²) in [6.07, 6.45) is -2.03. The number of esters is 1. The van der Waals surface area contributed by atoms with E-state index in [1.807, 2.05) is 0 Å². The molecule has 0 saturated heterocycles. The minimum atomic E-state index is -4.39. The van der Waals surface area contributed by atoms with Gasteiger partial charge in [-0.3, -0.25) is 0 Å². The number of halogens is 3. The Morgan fingerprint density at radius 1 is 0.750 bits per heavy atom. The summed E-state index contributed by atoms with van der Waals surface area (Å²) >= 11 is 0. The Labute approximate surface area is 233 Å². The zero-order valence-electron chi connectivity index (χ0n) is 23.1. The largest absolute Gasteiger partial charge is 0.493 e. The predicted octanol–water partition coefficient (Wildman–Crippen LogP) is 8.23. The lowest BCUT2D eigenvalue weighted by Gasteiger charge is -2.24. The van der Waals surface area contributed by atoms with Crippen molar-refractivity contribution in [3.8, 4) is 28.7 Å². The Hall–Kier alpha value is -3.88. The number of hydrogen-bond acceptors (Lipinski definition) is 6. The van der Waals surface area contributed by atoms with Crippen LogP contribution in [0.5, 0.6) is 28.7 Å². The average molecular weight is 561 g/mol. The van der Waals surface area contributed by atoms with E-state index in [1.54, 1.807) is 69.3 Å². The van der Waals surface area contributed by atoms with Gasteiger partial charge in [0, 0.05) is 6.42 Å². The van der Waals surface area contributed by atoms with Crippen molar-refractivity contribution in [3.63, 3.8) is 0 Å². The van der Waals surface area contributed by atoms with Crippen LogP contribution < -0.4 is 18.9 Å². The molecule has 0 spiro atoms. The van der Waals surface area contributed by atoms with Gasteiger partial charge in [-0.25, -0.2) is 4.79 Å². The highest BCUT2D eigenvalue weighted by atomic mass is 19.4. The van der Waals surface area contributed by atoms with Gasteiger partial charge in [0.25, 0.3) is 0 Å². The maximum Gasteiger partial charge on any atom is 0.416 e. The molecule has 0 bridgehead atoms. The van der Waals surface area contributed by atoms with Gasteiger partial charge >= 0.3 is 12.1 Å². The van der Waals surface area contributed by atoms with Crippen LogP contribution in [0.25, 0.3) is 0 Å². The summed E-state index contributed by atoms with van der Waals surface area (Å²) in [5.41, 5.74) is -1.83. The molecule has 0 aromatic heterocycles. The zero-order chi connectivity index (χ0) is 29.2. The third-order valence-electron chi connectivity index (χ3n) is 5.83. The molecule has 0 amide bonds. The summed E-state index contributed by atoms with van der Waals surface area (Å²) < 4.78 is 66.7. The maximum absolute atomic E-state index is 12.7. The molecular formula is C31H35F3O6. The monoisotopic (exact) mass is 560 g/mol. The van der Waals surface area contributed by atoms with Crippen molar-refractivity contribution in [1.82, 2.24) is 0 Å². The summed E-state index contributed by atoms with van der Waals surface area (Å²) in [4.78, 5) is 12.0. The fourth-order valence-corrected chi connectivity index (χ4v) is 3.76. The average Bonchev–Trinajstić information content (AvgIpc) is 2.91. The summed E-state index contributed by atoms with van der Waals surface area (Å²) in [7, 11) is 0. The van der Waals surface area contributed by atoms with Gasteiger partial charge in [-0.15, -0.1) is 0 Å². The van der Waals surface area contributed by atoms with Crippen LogP contribution in [0.1, 0.15) is 52.5 Å². The van der Waals surface area contributed by atoms with Crippen LogP contribution in [0.3, 0.4) is 0 Å². The van der Waals surface area contributed by atoms with E-state index in [0.29, 0.717) is 41.8 Å². The highest BCUT2D eigenvalue weighted by Crippen LogP contribution is 2.32. The van der Waals surface area contributed by atoms with E-state index in [4.69, 9.17) is 23.7 Å². The van der Waals surface area contributed by atoms with Crippen molar-refractivity contribution in [2.45, 2.75) is 64.8 Å². The van der Waals surface area contributed by atoms with E-state index in [9.17, 15) is 18.0 Å². The Balaban J connectivity index is 1.48. The molecule has 3 aromatic carbocycles. The van der Waals surface area contributed by atoms with E-state index >= 15 is 0 Å². The molecule has 9 heteroatoms. The molecule has 0 saturated carbocycles. The zero-order valence-corrected chi connectivity index (χ0v) is 23.1. The summed E-state index contributed by atoms with van der Waals surface area (Å²) in [6, 6.07) is 18.5. The van der Waals surface area contributed by atoms with Gasteiger partial charge in [0.1, 0.15) is 34.9 Å². The second-order valence-electron chi connectivity index (χ2n) is 9.57. The van der Waals surface area contributed by atoms with Crippen LogP contribution >= 0.6 is 0 Å². The number of ether oxygens (including phenoxy) is 5. The lowest BCUT2D eigenvalue weighted by atomic mass is 10.1.